The molecular weight excluding hydrogens is 366 g/mol. The standard InChI is InChI=1S/C20H15NO5S/c22-19(17-12-14-6-4-5-9-18(14)26-20(17)23)21(15-7-2-1-3-8-15)16-10-11-27(24,25)13-16/h1-12,16H,13H2/t16-/m1/s1. The first-order chi connectivity index (χ1) is 12.9. The Bertz CT molecular complexity index is 1210. The number of rotatable bonds is 3. The van der Waals surface area contributed by atoms with E-state index in [0.717, 1.165) is 5.41 Å². The van der Waals surface area contributed by atoms with Gasteiger partial charge in [-0.2, -0.15) is 0 Å². The summed E-state index contributed by atoms with van der Waals surface area (Å²) in [5.41, 5.74) is -0.0184. The monoisotopic (exact) mass is 381 g/mol. The van der Waals surface area contributed by atoms with Crippen LogP contribution >= 0.6 is 0 Å². The molecule has 0 bridgehead atoms. The van der Waals surface area contributed by atoms with Crippen LogP contribution in [0.1, 0.15) is 10.4 Å². The number of sulfone groups is 1. The second-order valence-corrected chi connectivity index (χ2v) is 8.15. The molecular formula is C20H15NO5S. The van der Waals surface area contributed by atoms with E-state index in [-0.39, 0.29) is 11.3 Å². The lowest BCUT2D eigenvalue weighted by molar-refractivity contribution is 0.0979. The summed E-state index contributed by atoms with van der Waals surface area (Å²) in [4.78, 5) is 27.0. The molecule has 0 radical (unpaired) electrons. The van der Waals surface area contributed by atoms with Crippen LogP contribution in [0.4, 0.5) is 5.69 Å². The Kier molecular flexibility index (Phi) is 4.16. The first kappa shape index (κ1) is 17.2. The first-order valence-electron chi connectivity index (χ1n) is 8.27. The molecule has 0 spiro atoms. The maximum atomic E-state index is 13.2. The lowest BCUT2D eigenvalue weighted by atomic mass is 10.1. The van der Waals surface area contributed by atoms with Crippen LogP contribution < -0.4 is 10.5 Å². The predicted octanol–water partition coefficient (Wildman–Crippen LogP) is 2.75. The third kappa shape index (κ3) is 3.29. The molecule has 2 aromatic carbocycles. The Balaban J connectivity index is 1.83. The van der Waals surface area contributed by atoms with E-state index in [1.165, 1.54) is 17.0 Å². The van der Waals surface area contributed by atoms with Crippen LogP contribution in [0.3, 0.4) is 0 Å². The van der Waals surface area contributed by atoms with Gasteiger partial charge in [0.1, 0.15) is 11.1 Å². The largest absolute Gasteiger partial charge is 0.422 e. The predicted molar refractivity (Wildman–Crippen MR) is 102 cm³/mol. The van der Waals surface area contributed by atoms with Crippen molar-refractivity contribution < 1.29 is 17.6 Å². The molecule has 4 rings (SSSR count). The topological polar surface area (TPSA) is 84.7 Å². The molecule has 0 N–H and O–H groups in total. The molecule has 0 saturated heterocycles. The van der Waals surface area contributed by atoms with Crippen LogP contribution in [0.25, 0.3) is 11.0 Å². The Hall–Kier alpha value is -3.19. The highest BCUT2D eigenvalue weighted by Crippen LogP contribution is 2.25. The van der Waals surface area contributed by atoms with Gasteiger partial charge in [0.15, 0.2) is 9.84 Å². The highest BCUT2D eigenvalue weighted by molar-refractivity contribution is 7.94. The van der Waals surface area contributed by atoms with Crippen LogP contribution in [0, 0.1) is 0 Å². The minimum absolute atomic E-state index is 0.143. The number of amides is 1. The van der Waals surface area contributed by atoms with Crippen molar-refractivity contribution in [2.75, 3.05) is 10.7 Å². The summed E-state index contributed by atoms with van der Waals surface area (Å²) in [6.45, 7) is 0. The number of fused-ring (bicyclic) bond motifs is 1. The molecule has 6 nitrogen and oxygen atoms in total. The third-order valence-corrected chi connectivity index (χ3v) is 5.75. The first-order valence-corrected chi connectivity index (χ1v) is 9.99. The Labute approximate surface area is 155 Å². The van der Waals surface area contributed by atoms with E-state index >= 15 is 0 Å². The molecule has 1 aliphatic rings. The average molecular weight is 381 g/mol. The fourth-order valence-electron chi connectivity index (χ4n) is 3.11. The summed E-state index contributed by atoms with van der Waals surface area (Å²) in [7, 11) is -3.38. The highest BCUT2D eigenvalue weighted by atomic mass is 32.2. The number of nitrogens with zero attached hydrogens (tertiary/aromatic N) is 1. The van der Waals surface area contributed by atoms with Gasteiger partial charge in [-0.15, -0.1) is 0 Å². The minimum Gasteiger partial charge on any atom is -0.422 e. The molecule has 136 valence electrons. The van der Waals surface area contributed by atoms with Crippen molar-refractivity contribution in [2.45, 2.75) is 6.04 Å². The molecule has 7 heteroatoms. The second kappa shape index (κ2) is 6.51. The zero-order valence-corrected chi connectivity index (χ0v) is 14.9. The van der Waals surface area contributed by atoms with E-state index in [9.17, 15) is 18.0 Å². The SMILES string of the molecule is O=C(c1cc2ccccc2oc1=O)N(c1ccccc1)[C@@H]1C=CS(=O)(=O)C1. The molecule has 27 heavy (non-hydrogen) atoms. The maximum Gasteiger partial charge on any atom is 0.349 e. The summed E-state index contributed by atoms with van der Waals surface area (Å²) in [5.74, 6) is -0.834. The lowest BCUT2D eigenvalue weighted by Gasteiger charge is -2.27. The van der Waals surface area contributed by atoms with Gasteiger partial charge in [0.25, 0.3) is 5.91 Å². The van der Waals surface area contributed by atoms with Gasteiger partial charge < -0.3 is 9.32 Å². The number of hydrogen-bond donors (Lipinski definition) is 0. The average Bonchev–Trinajstić information content (AvgIpc) is 3.01. The summed E-state index contributed by atoms with van der Waals surface area (Å²) in [6.07, 6.45) is 1.46. The van der Waals surface area contributed by atoms with Crippen LogP contribution in [-0.4, -0.2) is 26.1 Å². The number of anilines is 1. The number of carbonyl (C=O) groups excluding carboxylic acids is 1. The molecule has 1 amide bonds. The number of benzene rings is 2. The van der Waals surface area contributed by atoms with Crippen molar-refractivity contribution in [3.05, 3.63) is 88.1 Å². The molecule has 1 atom stereocenters. The van der Waals surface area contributed by atoms with Gasteiger partial charge >= 0.3 is 5.63 Å². The van der Waals surface area contributed by atoms with Gasteiger partial charge in [-0.1, -0.05) is 36.4 Å². The van der Waals surface area contributed by atoms with Crippen molar-refractivity contribution in [3.63, 3.8) is 0 Å². The molecule has 3 aromatic rings. The van der Waals surface area contributed by atoms with Crippen LogP contribution in [0.15, 0.2) is 81.4 Å². The normalized spacial score (nSPS) is 17.9. The van der Waals surface area contributed by atoms with E-state index in [4.69, 9.17) is 4.42 Å². The van der Waals surface area contributed by atoms with E-state index in [1.54, 1.807) is 54.6 Å². The molecule has 0 unspecified atom stereocenters. The molecule has 1 aromatic heterocycles. The number of hydrogen-bond acceptors (Lipinski definition) is 5. The fraction of sp³-hybridized carbons (Fsp3) is 0.100. The van der Waals surface area contributed by atoms with E-state index in [1.807, 2.05) is 0 Å². The molecule has 0 saturated carbocycles. The second-order valence-electron chi connectivity index (χ2n) is 6.22. The zero-order valence-electron chi connectivity index (χ0n) is 14.1. The van der Waals surface area contributed by atoms with Gasteiger partial charge in [-0.25, -0.2) is 13.2 Å². The minimum atomic E-state index is -3.38. The van der Waals surface area contributed by atoms with Crippen molar-refractivity contribution in [2.24, 2.45) is 0 Å². The van der Waals surface area contributed by atoms with E-state index in [0.29, 0.717) is 16.7 Å². The molecule has 0 fully saturated rings. The van der Waals surface area contributed by atoms with Crippen molar-refractivity contribution >= 4 is 32.4 Å². The Morgan fingerprint density at radius 1 is 1.04 bits per heavy atom. The smallest absolute Gasteiger partial charge is 0.349 e. The summed E-state index contributed by atoms with van der Waals surface area (Å²) >= 11 is 0. The summed E-state index contributed by atoms with van der Waals surface area (Å²) in [6, 6.07) is 16.3. The maximum absolute atomic E-state index is 13.2. The van der Waals surface area contributed by atoms with Crippen LogP contribution in [0.5, 0.6) is 0 Å². The highest BCUT2D eigenvalue weighted by Gasteiger charge is 2.33. The Morgan fingerprint density at radius 2 is 1.74 bits per heavy atom. The van der Waals surface area contributed by atoms with E-state index in [2.05, 4.69) is 0 Å². The molecule has 0 aliphatic carbocycles. The number of para-hydroxylation sites is 2. The Morgan fingerprint density at radius 3 is 2.44 bits per heavy atom. The van der Waals surface area contributed by atoms with Gasteiger partial charge in [-0.05, 0) is 30.3 Å². The lowest BCUT2D eigenvalue weighted by Crippen LogP contribution is -2.42. The van der Waals surface area contributed by atoms with Gasteiger partial charge in [0.05, 0.1) is 11.8 Å². The zero-order chi connectivity index (χ0) is 19.0. The van der Waals surface area contributed by atoms with Crippen LogP contribution in [0.2, 0.25) is 0 Å². The van der Waals surface area contributed by atoms with E-state index < -0.39 is 27.4 Å². The van der Waals surface area contributed by atoms with Crippen molar-refractivity contribution in [1.82, 2.24) is 0 Å². The molecule has 1 aliphatic heterocycles. The fourth-order valence-corrected chi connectivity index (χ4v) is 4.38. The van der Waals surface area contributed by atoms with Gasteiger partial charge in [0.2, 0.25) is 0 Å². The van der Waals surface area contributed by atoms with Gasteiger partial charge in [-0.3, -0.25) is 4.79 Å². The third-order valence-electron chi connectivity index (χ3n) is 4.37. The summed E-state index contributed by atoms with van der Waals surface area (Å²) < 4.78 is 29.0. The summed E-state index contributed by atoms with van der Waals surface area (Å²) in [5, 5.41) is 1.71. The van der Waals surface area contributed by atoms with Gasteiger partial charge in [0, 0.05) is 16.5 Å². The van der Waals surface area contributed by atoms with Crippen LogP contribution in [-0.2, 0) is 9.84 Å². The molecule has 2 heterocycles. The van der Waals surface area contributed by atoms with Crippen molar-refractivity contribution in [1.29, 1.82) is 0 Å². The quantitative estimate of drug-likeness (QED) is 0.652. The number of carbonyl (C=O) groups is 1. The van der Waals surface area contributed by atoms with Crippen molar-refractivity contribution in [3.8, 4) is 0 Å².